The highest BCUT2D eigenvalue weighted by atomic mass is 15.1. The fraction of sp³-hybridized carbons (Fsp3) is 0.0500. The molecule has 1 nitrogen and oxygen atoms in total. The van der Waals surface area contributed by atoms with Gasteiger partial charge in [0.2, 0.25) is 0 Å². The largest absolute Gasteiger partial charge is 0.336 e. The molecule has 103 valence electrons. The number of benzene rings is 3. The summed E-state index contributed by atoms with van der Waals surface area (Å²) < 4.78 is 0. The molecule has 0 aromatic heterocycles. The first-order valence-corrected chi connectivity index (χ1v) is 7.20. The smallest absolute Gasteiger partial charge is 0.0593 e. The molecular weight excluding hydrogens is 254 g/mol. The van der Waals surface area contributed by atoms with Crippen LogP contribution < -0.4 is 4.90 Å². The number of nitrogens with zero attached hydrogens (tertiary/aromatic N) is 1. The predicted molar refractivity (Wildman–Crippen MR) is 89.5 cm³/mol. The van der Waals surface area contributed by atoms with E-state index in [1.165, 1.54) is 16.9 Å². The lowest BCUT2D eigenvalue weighted by atomic mass is 10.1. The van der Waals surface area contributed by atoms with Crippen LogP contribution in [-0.2, 0) is 6.42 Å². The standard InChI is InChI=1S/C20H18N/c1-4-10-18(11-5-1)16-17-21(19-12-6-2-7-13-19)20-14-8-3-9-15-20/h1-15,17H,16H2. The van der Waals surface area contributed by atoms with Crippen molar-refractivity contribution >= 4 is 11.4 Å². The summed E-state index contributed by atoms with van der Waals surface area (Å²) in [5, 5.41) is 0. The Labute approximate surface area is 126 Å². The molecule has 0 aliphatic carbocycles. The van der Waals surface area contributed by atoms with Crippen LogP contribution in [0, 0.1) is 6.54 Å². The quantitative estimate of drug-likeness (QED) is 0.614. The van der Waals surface area contributed by atoms with Gasteiger partial charge in [-0.05, 0) is 36.2 Å². The normalized spacial score (nSPS) is 10.3. The van der Waals surface area contributed by atoms with Gasteiger partial charge in [0.1, 0.15) is 0 Å². The van der Waals surface area contributed by atoms with Gasteiger partial charge >= 0.3 is 0 Å². The van der Waals surface area contributed by atoms with Crippen LogP contribution in [0.4, 0.5) is 11.4 Å². The summed E-state index contributed by atoms with van der Waals surface area (Å²) in [5.74, 6) is 0. The Morgan fingerprint density at radius 3 is 1.48 bits per heavy atom. The van der Waals surface area contributed by atoms with Gasteiger partial charge in [-0.15, -0.1) is 0 Å². The van der Waals surface area contributed by atoms with Gasteiger partial charge in [0.25, 0.3) is 0 Å². The zero-order valence-electron chi connectivity index (χ0n) is 11.9. The van der Waals surface area contributed by atoms with Crippen molar-refractivity contribution in [2.24, 2.45) is 0 Å². The first-order valence-electron chi connectivity index (χ1n) is 7.20. The topological polar surface area (TPSA) is 3.24 Å². The molecule has 0 saturated heterocycles. The second-order valence-corrected chi connectivity index (χ2v) is 4.91. The van der Waals surface area contributed by atoms with Crippen molar-refractivity contribution in [3.05, 3.63) is 103 Å². The molecule has 0 unspecified atom stereocenters. The number of hydrogen-bond acceptors (Lipinski definition) is 1. The van der Waals surface area contributed by atoms with E-state index in [0.29, 0.717) is 0 Å². The number of hydrogen-bond donors (Lipinski definition) is 0. The fourth-order valence-corrected chi connectivity index (χ4v) is 2.35. The molecule has 21 heavy (non-hydrogen) atoms. The van der Waals surface area contributed by atoms with Crippen LogP contribution in [0.25, 0.3) is 0 Å². The van der Waals surface area contributed by atoms with E-state index in [-0.39, 0.29) is 0 Å². The Kier molecular flexibility index (Phi) is 4.33. The average molecular weight is 272 g/mol. The van der Waals surface area contributed by atoms with E-state index < -0.39 is 0 Å². The monoisotopic (exact) mass is 272 g/mol. The Balaban J connectivity index is 1.83. The second-order valence-electron chi connectivity index (χ2n) is 4.91. The van der Waals surface area contributed by atoms with E-state index in [4.69, 9.17) is 0 Å². The summed E-state index contributed by atoms with van der Waals surface area (Å²) in [5.41, 5.74) is 3.67. The molecule has 0 heterocycles. The van der Waals surface area contributed by atoms with E-state index in [1.54, 1.807) is 0 Å². The maximum absolute atomic E-state index is 2.24. The zero-order chi connectivity index (χ0) is 14.3. The van der Waals surface area contributed by atoms with Crippen molar-refractivity contribution in [1.82, 2.24) is 0 Å². The minimum Gasteiger partial charge on any atom is -0.336 e. The van der Waals surface area contributed by atoms with Crippen LogP contribution in [0.15, 0.2) is 91.0 Å². The first kappa shape index (κ1) is 13.4. The lowest BCUT2D eigenvalue weighted by molar-refractivity contribution is 1.04. The highest BCUT2D eigenvalue weighted by molar-refractivity contribution is 5.64. The molecule has 0 atom stereocenters. The highest BCUT2D eigenvalue weighted by Gasteiger charge is 2.09. The van der Waals surface area contributed by atoms with Gasteiger partial charge in [0.05, 0.1) is 6.54 Å². The molecule has 3 aromatic carbocycles. The SMILES string of the molecule is [CH](Cc1ccccc1)N(c1ccccc1)c1ccccc1. The average Bonchev–Trinajstić information content (AvgIpc) is 2.58. The van der Waals surface area contributed by atoms with Gasteiger partial charge in [0, 0.05) is 11.4 Å². The molecule has 1 heteroatoms. The molecule has 0 aliphatic heterocycles. The molecule has 0 spiro atoms. The molecule has 0 amide bonds. The number of rotatable bonds is 5. The van der Waals surface area contributed by atoms with Crippen LogP contribution in [0.3, 0.4) is 0 Å². The lowest BCUT2D eigenvalue weighted by Gasteiger charge is -2.24. The van der Waals surface area contributed by atoms with E-state index in [0.717, 1.165) is 6.42 Å². The summed E-state index contributed by atoms with van der Waals surface area (Å²) in [7, 11) is 0. The van der Waals surface area contributed by atoms with Crippen LogP contribution in [-0.4, -0.2) is 0 Å². The maximum Gasteiger partial charge on any atom is 0.0593 e. The van der Waals surface area contributed by atoms with Gasteiger partial charge in [-0.1, -0.05) is 66.7 Å². The zero-order valence-corrected chi connectivity index (χ0v) is 11.9. The van der Waals surface area contributed by atoms with Gasteiger partial charge in [-0.3, -0.25) is 0 Å². The molecule has 0 saturated carbocycles. The van der Waals surface area contributed by atoms with Crippen molar-refractivity contribution in [3.63, 3.8) is 0 Å². The summed E-state index contributed by atoms with van der Waals surface area (Å²) >= 11 is 0. The number of anilines is 2. The Morgan fingerprint density at radius 2 is 1.00 bits per heavy atom. The minimum absolute atomic E-state index is 0.907. The van der Waals surface area contributed by atoms with E-state index in [1.807, 2.05) is 12.1 Å². The third kappa shape index (κ3) is 3.51. The molecule has 1 radical (unpaired) electrons. The van der Waals surface area contributed by atoms with Crippen molar-refractivity contribution in [2.75, 3.05) is 4.90 Å². The maximum atomic E-state index is 2.24. The second kappa shape index (κ2) is 6.76. The lowest BCUT2D eigenvalue weighted by Crippen LogP contribution is -2.14. The Hall–Kier alpha value is -2.54. The van der Waals surface area contributed by atoms with E-state index >= 15 is 0 Å². The Morgan fingerprint density at radius 1 is 0.571 bits per heavy atom. The van der Waals surface area contributed by atoms with Gasteiger partial charge in [0.15, 0.2) is 0 Å². The molecular formula is C20H18N. The molecule has 3 aromatic rings. The molecule has 0 N–H and O–H groups in total. The molecule has 0 bridgehead atoms. The van der Waals surface area contributed by atoms with Crippen molar-refractivity contribution < 1.29 is 0 Å². The Bertz CT molecular complexity index is 608. The van der Waals surface area contributed by atoms with Crippen molar-refractivity contribution in [3.8, 4) is 0 Å². The van der Waals surface area contributed by atoms with Crippen LogP contribution in [0.1, 0.15) is 5.56 Å². The van der Waals surface area contributed by atoms with Crippen molar-refractivity contribution in [2.45, 2.75) is 6.42 Å². The molecule has 0 fully saturated rings. The van der Waals surface area contributed by atoms with E-state index in [9.17, 15) is 0 Å². The predicted octanol–water partition coefficient (Wildman–Crippen LogP) is 5.23. The third-order valence-corrected chi connectivity index (χ3v) is 3.42. The van der Waals surface area contributed by atoms with E-state index in [2.05, 4.69) is 90.3 Å². The summed E-state index contributed by atoms with van der Waals surface area (Å²) in [6.45, 7) is 2.24. The van der Waals surface area contributed by atoms with Crippen LogP contribution >= 0.6 is 0 Å². The summed E-state index contributed by atoms with van der Waals surface area (Å²) in [6.07, 6.45) is 0.907. The minimum atomic E-state index is 0.907. The molecule has 3 rings (SSSR count). The number of para-hydroxylation sites is 2. The van der Waals surface area contributed by atoms with Crippen LogP contribution in [0.2, 0.25) is 0 Å². The third-order valence-electron chi connectivity index (χ3n) is 3.42. The van der Waals surface area contributed by atoms with Gasteiger partial charge in [-0.2, -0.15) is 0 Å². The van der Waals surface area contributed by atoms with Crippen LogP contribution in [0.5, 0.6) is 0 Å². The summed E-state index contributed by atoms with van der Waals surface area (Å²) in [6, 6.07) is 31.4. The highest BCUT2D eigenvalue weighted by Crippen LogP contribution is 2.26. The van der Waals surface area contributed by atoms with Gasteiger partial charge < -0.3 is 4.90 Å². The van der Waals surface area contributed by atoms with Gasteiger partial charge in [-0.25, -0.2) is 0 Å². The first-order chi connectivity index (χ1) is 10.4. The van der Waals surface area contributed by atoms with Crippen molar-refractivity contribution in [1.29, 1.82) is 0 Å². The molecule has 0 aliphatic rings. The summed E-state index contributed by atoms with van der Waals surface area (Å²) in [4.78, 5) is 2.24. The fourth-order valence-electron chi connectivity index (χ4n) is 2.35.